The molecule has 0 saturated carbocycles. The van der Waals surface area contributed by atoms with Gasteiger partial charge in [0.05, 0.1) is 11.3 Å². The molecule has 0 radical (unpaired) electrons. The zero-order valence-electron chi connectivity index (χ0n) is 13.4. The Morgan fingerprint density at radius 2 is 2.04 bits per heavy atom. The molecule has 0 bridgehead atoms. The highest BCUT2D eigenvalue weighted by Gasteiger charge is 2.33. The van der Waals surface area contributed by atoms with Crippen LogP contribution in [-0.4, -0.2) is 27.8 Å². The Kier molecular flexibility index (Phi) is 5.61. The Balaban J connectivity index is 1.93. The number of para-hydroxylation sites is 1. The second-order valence-corrected chi connectivity index (χ2v) is 5.18. The summed E-state index contributed by atoms with van der Waals surface area (Å²) in [5.41, 5.74) is -0.649. The van der Waals surface area contributed by atoms with Gasteiger partial charge in [-0.05, 0) is 25.1 Å². The van der Waals surface area contributed by atoms with Crippen LogP contribution < -0.4 is 5.32 Å². The third-order valence-corrected chi connectivity index (χ3v) is 3.21. The normalized spacial score (nSPS) is 12.1. The number of esters is 1. The number of hydrogen-bond acceptors (Lipinski definition) is 5. The average Bonchev–Trinajstić information content (AvgIpc) is 3.03. The first kappa shape index (κ1) is 19.0. The lowest BCUT2D eigenvalue weighted by Crippen LogP contribution is -2.31. The molecule has 1 unspecified atom stereocenters. The van der Waals surface area contributed by atoms with Crippen LogP contribution in [0.25, 0.3) is 0 Å². The summed E-state index contributed by atoms with van der Waals surface area (Å²) in [6.45, 7) is 0.717. The summed E-state index contributed by atoms with van der Waals surface area (Å²) in [5.74, 6) is -1.62. The van der Waals surface area contributed by atoms with E-state index in [2.05, 4.69) is 10.4 Å². The summed E-state index contributed by atoms with van der Waals surface area (Å²) in [6.07, 6.45) is -4.85. The summed E-state index contributed by atoms with van der Waals surface area (Å²) in [7, 11) is 0. The van der Waals surface area contributed by atoms with Gasteiger partial charge in [-0.25, -0.2) is 0 Å². The molecule has 136 valence electrons. The van der Waals surface area contributed by atoms with Crippen LogP contribution >= 0.6 is 0 Å². The number of aromatic nitrogens is 2. The van der Waals surface area contributed by atoms with Gasteiger partial charge in [0.25, 0.3) is 5.91 Å². The molecule has 0 aliphatic heterocycles. The van der Waals surface area contributed by atoms with Crippen molar-refractivity contribution in [2.24, 2.45) is 0 Å². The van der Waals surface area contributed by atoms with Crippen LogP contribution in [0.3, 0.4) is 0 Å². The molecule has 1 aromatic heterocycles. The fourth-order valence-corrected chi connectivity index (χ4v) is 1.95. The molecular formula is C16H13F3N4O3. The fraction of sp³-hybridized carbons (Fsp3) is 0.250. The van der Waals surface area contributed by atoms with Gasteiger partial charge in [0.2, 0.25) is 0 Å². The van der Waals surface area contributed by atoms with Crippen LogP contribution in [0.1, 0.15) is 18.2 Å². The van der Waals surface area contributed by atoms with E-state index < -0.39 is 36.4 Å². The van der Waals surface area contributed by atoms with E-state index in [4.69, 9.17) is 10.00 Å². The first-order valence-corrected chi connectivity index (χ1v) is 7.31. The number of nitrogens with one attached hydrogen (secondary N) is 1. The summed E-state index contributed by atoms with van der Waals surface area (Å²) >= 11 is 0. The monoisotopic (exact) mass is 366 g/mol. The van der Waals surface area contributed by atoms with Gasteiger partial charge in [-0.3, -0.25) is 14.3 Å². The largest absolute Gasteiger partial charge is 0.451 e. The van der Waals surface area contributed by atoms with Crippen LogP contribution in [-0.2, 0) is 27.0 Å². The maximum absolute atomic E-state index is 12.5. The molecule has 0 saturated heterocycles. The van der Waals surface area contributed by atoms with Crippen molar-refractivity contribution in [3.63, 3.8) is 0 Å². The van der Waals surface area contributed by atoms with E-state index in [-0.39, 0.29) is 11.3 Å². The standard InChI is InChI=1S/C16H13F3N4O3/c1-10(15(25)21-12-5-3-2-4-11(12)8-20)26-14(24)9-23-7-6-13(22-23)16(17,18)19/h2-7,10H,9H2,1H3,(H,21,25). The lowest BCUT2D eigenvalue weighted by atomic mass is 10.2. The van der Waals surface area contributed by atoms with Crippen molar-refractivity contribution >= 4 is 17.6 Å². The van der Waals surface area contributed by atoms with E-state index in [1.807, 2.05) is 6.07 Å². The highest BCUT2D eigenvalue weighted by molar-refractivity contribution is 5.96. The third-order valence-electron chi connectivity index (χ3n) is 3.21. The zero-order valence-corrected chi connectivity index (χ0v) is 13.4. The van der Waals surface area contributed by atoms with Crippen molar-refractivity contribution in [1.82, 2.24) is 9.78 Å². The number of hydrogen-bond donors (Lipinski definition) is 1. The highest BCUT2D eigenvalue weighted by Crippen LogP contribution is 2.27. The number of benzene rings is 1. The maximum atomic E-state index is 12.5. The number of carbonyl (C=O) groups is 2. The van der Waals surface area contributed by atoms with Crippen LogP contribution in [0.5, 0.6) is 0 Å². The van der Waals surface area contributed by atoms with E-state index in [1.165, 1.54) is 19.1 Å². The van der Waals surface area contributed by atoms with Gasteiger partial charge in [-0.2, -0.15) is 23.5 Å². The first-order chi connectivity index (χ1) is 12.2. The number of rotatable bonds is 5. The van der Waals surface area contributed by atoms with Crippen LogP contribution in [0.4, 0.5) is 18.9 Å². The van der Waals surface area contributed by atoms with Gasteiger partial charge >= 0.3 is 12.1 Å². The van der Waals surface area contributed by atoms with Crippen molar-refractivity contribution in [3.05, 3.63) is 47.8 Å². The maximum Gasteiger partial charge on any atom is 0.435 e. The van der Waals surface area contributed by atoms with Crippen molar-refractivity contribution in [1.29, 1.82) is 5.26 Å². The van der Waals surface area contributed by atoms with Crippen LogP contribution in [0, 0.1) is 11.3 Å². The summed E-state index contributed by atoms with van der Waals surface area (Å²) in [6, 6.07) is 8.87. The molecule has 2 aromatic rings. The molecular weight excluding hydrogens is 353 g/mol. The molecule has 0 spiro atoms. The van der Waals surface area contributed by atoms with Crippen molar-refractivity contribution in [2.45, 2.75) is 25.7 Å². The third kappa shape index (κ3) is 4.83. The number of alkyl halides is 3. The molecule has 1 aromatic carbocycles. The molecule has 1 N–H and O–H groups in total. The van der Waals surface area contributed by atoms with Gasteiger partial charge in [-0.1, -0.05) is 12.1 Å². The summed E-state index contributed by atoms with van der Waals surface area (Å²) in [4.78, 5) is 23.8. The number of nitrogens with zero attached hydrogens (tertiary/aromatic N) is 3. The van der Waals surface area contributed by atoms with Gasteiger partial charge < -0.3 is 10.1 Å². The quantitative estimate of drug-likeness (QED) is 0.820. The van der Waals surface area contributed by atoms with Crippen LogP contribution in [0.15, 0.2) is 36.5 Å². The molecule has 0 aliphatic carbocycles. The molecule has 2 rings (SSSR count). The van der Waals surface area contributed by atoms with E-state index in [0.717, 1.165) is 16.9 Å². The highest BCUT2D eigenvalue weighted by atomic mass is 19.4. The van der Waals surface area contributed by atoms with E-state index in [1.54, 1.807) is 12.1 Å². The van der Waals surface area contributed by atoms with Gasteiger partial charge in [-0.15, -0.1) is 0 Å². The minimum atomic E-state index is -4.61. The molecule has 1 amide bonds. The SMILES string of the molecule is CC(OC(=O)Cn1ccc(C(F)(F)F)n1)C(=O)Nc1ccccc1C#N. The Morgan fingerprint density at radius 1 is 1.35 bits per heavy atom. The van der Waals surface area contributed by atoms with E-state index in [9.17, 15) is 22.8 Å². The second-order valence-electron chi connectivity index (χ2n) is 5.18. The van der Waals surface area contributed by atoms with Crippen molar-refractivity contribution in [3.8, 4) is 6.07 Å². The first-order valence-electron chi connectivity index (χ1n) is 7.31. The molecule has 10 heteroatoms. The molecule has 1 heterocycles. The Bertz CT molecular complexity index is 855. The second kappa shape index (κ2) is 7.69. The molecule has 0 fully saturated rings. The predicted octanol–water partition coefficient (Wildman–Crippen LogP) is 2.34. The summed E-state index contributed by atoms with van der Waals surface area (Å²) < 4.78 is 43.0. The minimum absolute atomic E-state index is 0.232. The number of halogens is 3. The van der Waals surface area contributed by atoms with Gasteiger partial charge in [0.1, 0.15) is 12.6 Å². The van der Waals surface area contributed by atoms with Crippen molar-refractivity contribution < 1.29 is 27.5 Å². The Hall–Kier alpha value is -3.35. The topological polar surface area (TPSA) is 97.0 Å². The fourth-order valence-electron chi connectivity index (χ4n) is 1.95. The van der Waals surface area contributed by atoms with Gasteiger partial charge in [0, 0.05) is 6.20 Å². The number of amides is 1. The molecule has 7 nitrogen and oxygen atoms in total. The molecule has 26 heavy (non-hydrogen) atoms. The number of carbonyl (C=O) groups excluding carboxylic acids is 2. The predicted molar refractivity (Wildman–Crippen MR) is 82.6 cm³/mol. The number of nitriles is 1. The van der Waals surface area contributed by atoms with E-state index >= 15 is 0 Å². The van der Waals surface area contributed by atoms with Gasteiger partial charge in [0.15, 0.2) is 11.8 Å². The Morgan fingerprint density at radius 3 is 2.65 bits per heavy atom. The smallest absolute Gasteiger partial charge is 0.435 e. The number of ether oxygens (including phenoxy) is 1. The minimum Gasteiger partial charge on any atom is -0.451 e. The number of anilines is 1. The van der Waals surface area contributed by atoms with E-state index in [0.29, 0.717) is 0 Å². The zero-order chi connectivity index (χ0) is 19.3. The molecule has 0 aliphatic rings. The van der Waals surface area contributed by atoms with Crippen LogP contribution in [0.2, 0.25) is 0 Å². The lowest BCUT2D eigenvalue weighted by Gasteiger charge is -2.14. The van der Waals surface area contributed by atoms with Crippen molar-refractivity contribution in [2.75, 3.05) is 5.32 Å². The Labute approximate surface area is 146 Å². The molecule has 1 atom stereocenters. The lowest BCUT2D eigenvalue weighted by molar-refractivity contribution is -0.154. The summed E-state index contributed by atoms with van der Waals surface area (Å²) in [5, 5.41) is 14.6. The average molecular weight is 366 g/mol.